The summed E-state index contributed by atoms with van der Waals surface area (Å²) in [6.45, 7) is 0.335. The number of fused-ring (bicyclic) bond motifs is 1. The van der Waals surface area contributed by atoms with Crippen molar-refractivity contribution < 1.29 is 19.1 Å². The minimum Gasteiger partial charge on any atom is -0.481 e. The fourth-order valence-electron chi connectivity index (χ4n) is 3.49. The predicted octanol–water partition coefficient (Wildman–Crippen LogP) is 4.00. The summed E-state index contributed by atoms with van der Waals surface area (Å²) in [7, 11) is 0. The van der Waals surface area contributed by atoms with Crippen molar-refractivity contribution in [3.05, 3.63) is 40.7 Å². The number of nitrogens with zero attached hydrogens (tertiary/aromatic N) is 1. The Labute approximate surface area is 165 Å². The highest BCUT2D eigenvalue weighted by Crippen LogP contribution is 2.28. The molecule has 8 heteroatoms. The van der Waals surface area contributed by atoms with E-state index in [0.717, 1.165) is 21.7 Å². The Hall–Kier alpha value is -2.87. The maximum atomic E-state index is 12.1. The van der Waals surface area contributed by atoms with Gasteiger partial charge in [-0.1, -0.05) is 18.2 Å². The van der Waals surface area contributed by atoms with Gasteiger partial charge < -0.3 is 20.2 Å². The lowest BCUT2D eigenvalue weighted by atomic mass is 9.86. The Morgan fingerprint density at radius 2 is 2.00 bits per heavy atom. The maximum Gasteiger partial charge on any atom is 0.315 e. The molecule has 1 fully saturated rings. The SMILES string of the molecule is O=C(NCc1nc(-c2cc3ccccc3o2)cs1)NC1CCC(C(=O)O)CC1. The second-order valence-electron chi connectivity index (χ2n) is 6.99. The van der Waals surface area contributed by atoms with Gasteiger partial charge in [-0.15, -0.1) is 11.3 Å². The van der Waals surface area contributed by atoms with Crippen molar-refractivity contribution in [3.8, 4) is 11.5 Å². The summed E-state index contributed by atoms with van der Waals surface area (Å²) in [5, 5.41) is 18.5. The molecule has 0 atom stereocenters. The van der Waals surface area contributed by atoms with Gasteiger partial charge in [-0.05, 0) is 37.8 Å². The Morgan fingerprint density at radius 1 is 1.21 bits per heavy atom. The van der Waals surface area contributed by atoms with Gasteiger partial charge >= 0.3 is 12.0 Å². The van der Waals surface area contributed by atoms with Crippen LogP contribution in [0.15, 0.2) is 40.1 Å². The second-order valence-corrected chi connectivity index (χ2v) is 7.93. The molecule has 1 aliphatic carbocycles. The molecule has 2 heterocycles. The van der Waals surface area contributed by atoms with Crippen LogP contribution in [-0.2, 0) is 11.3 Å². The van der Waals surface area contributed by atoms with Crippen LogP contribution in [0.5, 0.6) is 0 Å². The van der Waals surface area contributed by atoms with E-state index in [2.05, 4.69) is 15.6 Å². The molecule has 1 aliphatic rings. The zero-order chi connectivity index (χ0) is 19.5. The molecule has 1 aromatic carbocycles. The van der Waals surface area contributed by atoms with E-state index in [9.17, 15) is 9.59 Å². The van der Waals surface area contributed by atoms with Gasteiger partial charge in [0.2, 0.25) is 0 Å². The van der Waals surface area contributed by atoms with Crippen LogP contribution < -0.4 is 10.6 Å². The Bertz CT molecular complexity index is 955. The van der Waals surface area contributed by atoms with Gasteiger partial charge in [0, 0.05) is 16.8 Å². The summed E-state index contributed by atoms with van der Waals surface area (Å²) in [4.78, 5) is 27.6. The van der Waals surface area contributed by atoms with E-state index in [0.29, 0.717) is 38.0 Å². The number of hydrogen-bond donors (Lipinski definition) is 3. The van der Waals surface area contributed by atoms with E-state index < -0.39 is 5.97 Å². The first-order chi connectivity index (χ1) is 13.6. The lowest BCUT2D eigenvalue weighted by molar-refractivity contribution is -0.142. The molecular weight excluding hydrogens is 378 g/mol. The van der Waals surface area contributed by atoms with Crippen LogP contribution in [0, 0.1) is 5.92 Å². The number of carbonyl (C=O) groups is 2. The van der Waals surface area contributed by atoms with Crippen LogP contribution in [0.25, 0.3) is 22.4 Å². The number of furan rings is 1. The van der Waals surface area contributed by atoms with Crippen molar-refractivity contribution in [3.63, 3.8) is 0 Å². The van der Waals surface area contributed by atoms with Gasteiger partial charge in [-0.2, -0.15) is 0 Å². The third-order valence-corrected chi connectivity index (χ3v) is 5.89. The van der Waals surface area contributed by atoms with Crippen LogP contribution in [0.3, 0.4) is 0 Å². The lowest BCUT2D eigenvalue weighted by Gasteiger charge is -2.26. The number of aliphatic carboxylic acids is 1. The highest BCUT2D eigenvalue weighted by molar-refractivity contribution is 7.09. The minimum absolute atomic E-state index is 0.0259. The number of nitrogens with one attached hydrogen (secondary N) is 2. The van der Waals surface area contributed by atoms with Crippen LogP contribution in [0.1, 0.15) is 30.7 Å². The first kappa shape index (κ1) is 18.5. The van der Waals surface area contributed by atoms with Crippen molar-refractivity contribution >= 4 is 34.3 Å². The monoisotopic (exact) mass is 399 g/mol. The Kier molecular flexibility index (Phi) is 5.29. The molecule has 3 N–H and O–H groups in total. The number of urea groups is 1. The third kappa shape index (κ3) is 4.17. The van der Waals surface area contributed by atoms with Gasteiger partial charge in [0.25, 0.3) is 0 Å². The molecule has 2 aromatic heterocycles. The molecule has 3 aromatic rings. The van der Waals surface area contributed by atoms with Crippen molar-refractivity contribution in [2.45, 2.75) is 38.3 Å². The number of carboxylic acid groups (broad SMARTS) is 1. The average molecular weight is 399 g/mol. The number of benzene rings is 1. The van der Waals surface area contributed by atoms with E-state index in [1.165, 1.54) is 11.3 Å². The molecule has 2 amide bonds. The fraction of sp³-hybridized carbons (Fsp3) is 0.350. The van der Waals surface area contributed by atoms with Gasteiger partial charge in [0.15, 0.2) is 5.76 Å². The van der Waals surface area contributed by atoms with Gasteiger partial charge in [-0.3, -0.25) is 4.79 Å². The molecule has 1 saturated carbocycles. The number of para-hydroxylation sites is 1. The summed E-state index contributed by atoms with van der Waals surface area (Å²) in [6.07, 6.45) is 2.59. The standard InChI is InChI=1S/C20H21N3O4S/c24-19(25)12-5-7-14(8-6-12)22-20(26)21-10-18-23-15(11-28-18)17-9-13-3-1-2-4-16(13)27-17/h1-4,9,11-12,14H,5-8,10H2,(H,24,25)(H2,21,22,26). The first-order valence-electron chi connectivity index (χ1n) is 9.29. The minimum atomic E-state index is -0.744. The van der Waals surface area contributed by atoms with Crippen LogP contribution >= 0.6 is 11.3 Å². The van der Waals surface area contributed by atoms with Gasteiger partial charge in [0.05, 0.1) is 12.5 Å². The van der Waals surface area contributed by atoms with E-state index in [4.69, 9.17) is 9.52 Å². The largest absolute Gasteiger partial charge is 0.481 e. The third-order valence-electron chi connectivity index (χ3n) is 5.04. The first-order valence-corrected chi connectivity index (χ1v) is 10.2. The normalized spacial score (nSPS) is 19.4. The van der Waals surface area contributed by atoms with E-state index in [-0.39, 0.29) is 18.0 Å². The van der Waals surface area contributed by atoms with Gasteiger partial charge in [-0.25, -0.2) is 9.78 Å². The highest BCUT2D eigenvalue weighted by Gasteiger charge is 2.26. The number of aromatic nitrogens is 1. The molecule has 0 spiro atoms. The molecule has 0 aliphatic heterocycles. The Balaban J connectivity index is 1.28. The molecule has 146 valence electrons. The lowest BCUT2D eigenvalue weighted by Crippen LogP contribution is -2.43. The number of rotatable bonds is 5. The number of hydrogen-bond acceptors (Lipinski definition) is 5. The smallest absolute Gasteiger partial charge is 0.315 e. The topological polar surface area (TPSA) is 104 Å². The fourth-order valence-corrected chi connectivity index (χ4v) is 4.21. The summed E-state index contributed by atoms with van der Waals surface area (Å²) in [5.41, 5.74) is 1.58. The number of amides is 2. The van der Waals surface area contributed by atoms with E-state index >= 15 is 0 Å². The second kappa shape index (κ2) is 8.02. The molecule has 0 saturated heterocycles. The summed E-state index contributed by atoms with van der Waals surface area (Å²) in [6, 6.07) is 9.54. The number of carbonyl (C=O) groups excluding carboxylic acids is 1. The summed E-state index contributed by atoms with van der Waals surface area (Å²) in [5.74, 6) is -0.316. The van der Waals surface area contributed by atoms with E-state index in [1.807, 2.05) is 35.7 Å². The van der Waals surface area contributed by atoms with Crippen LogP contribution in [-0.4, -0.2) is 28.1 Å². The highest BCUT2D eigenvalue weighted by atomic mass is 32.1. The van der Waals surface area contributed by atoms with Crippen molar-refractivity contribution in [2.24, 2.45) is 5.92 Å². The zero-order valence-corrected chi connectivity index (χ0v) is 16.0. The summed E-state index contributed by atoms with van der Waals surface area (Å²) < 4.78 is 5.82. The van der Waals surface area contributed by atoms with Crippen molar-refractivity contribution in [1.82, 2.24) is 15.6 Å². The van der Waals surface area contributed by atoms with E-state index in [1.54, 1.807) is 0 Å². The number of thiazole rings is 1. The van der Waals surface area contributed by atoms with Gasteiger partial charge in [0.1, 0.15) is 16.3 Å². The predicted molar refractivity (Wildman–Crippen MR) is 106 cm³/mol. The molecule has 4 rings (SSSR count). The molecule has 0 radical (unpaired) electrons. The molecule has 28 heavy (non-hydrogen) atoms. The summed E-state index contributed by atoms with van der Waals surface area (Å²) >= 11 is 1.47. The Morgan fingerprint density at radius 3 is 2.75 bits per heavy atom. The molecule has 0 unspecified atom stereocenters. The van der Waals surface area contributed by atoms with Crippen molar-refractivity contribution in [1.29, 1.82) is 0 Å². The maximum absolute atomic E-state index is 12.1. The zero-order valence-electron chi connectivity index (χ0n) is 15.2. The molecular formula is C20H21N3O4S. The van der Waals surface area contributed by atoms with Crippen LogP contribution in [0.4, 0.5) is 4.79 Å². The quantitative estimate of drug-likeness (QED) is 0.601. The average Bonchev–Trinajstić information content (AvgIpc) is 3.33. The molecule has 7 nitrogen and oxygen atoms in total. The van der Waals surface area contributed by atoms with Crippen LogP contribution in [0.2, 0.25) is 0 Å². The number of carboxylic acids is 1. The van der Waals surface area contributed by atoms with Crippen molar-refractivity contribution in [2.75, 3.05) is 0 Å². The molecule has 0 bridgehead atoms.